The summed E-state index contributed by atoms with van der Waals surface area (Å²) in [4.78, 5) is 18.4. The number of pyridine rings is 1. The SMILES string of the molecule is CCNc1ncccc1C(=O)NCCN(C)CCOC. The topological polar surface area (TPSA) is 66.5 Å². The summed E-state index contributed by atoms with van der Waals surface area (Å²) in [6.07, 6.45) is 1.67. The number of carbonyl (C=O) groups excluding carboxylic acids is 1. The molecule has 1 heterocycles. The van der Waals surface area contributed by atoms with Crippen LogP contribution in [0, 0.1) is 0 Å². The lowest BCUT2D eigenvalue weighted by Crippen LogP contribution is -2.34. The lowest BCUT2D eigenvalue weighted by atomic mass is 10.2. The van der Waals surface area contributed by atoms with Crippen LogP contribution in [-0.2, 0) is 4.74 Å². The lowest BCUT2D eigenvalue weighted by molar-refractivity contribution is 0.0948. The molecule has 0 spiro atoms. The Morgan fingerprint density at radius 3 is 2.95 bits per heavy atom. The van der Waals surface area contributed by atoms with E-state index in [9.17, 15) is 4.79 Å². The van der Waals surface area contributed by atoms with Crippen LogP contribution >= 0.6 is 0 Å². The van der Waals surface area contributed by atoms with Gasteiger partial charge in [-0.1, -0.05) is 0 Å². The van der Waals surface area contributed by atoms with E-state index < -0.39 is 0 Å². The molecule has 0 aliphatic carbocycles. The van der Waals surface area contributed by atoms with Crippen LogP contribution < -0.4 is 10.6 Å². The maximum absolute atomic E-state index is 12.1. The van der Waals surface area contributed by atoms with Crippen LogP contribution in [0.15, 0.2) is 18.3 Å². The molecule has 1 aromatic rings. The Bertz CT molecular complexity index is 412. The zero-order chi connectivity index (χ0) is 14.8. The number of aromatic nitrogens is 1. The van der Waals surface area contributed by atoms with Gasteiger partial charge in [0, 0.05) is 39.5 Å². The molecule has 0 aliphatic rings. The van der Waals surface area contributed by atoms with E-state index in [1.807, 2.05) is 14.0 Å². The fourth-order valence-electron chi connectivity index (χ4n) is 1.71. The first kappa shape index (κ1) is 16.4. The number of nitrogens with one attached hydrogen (secondary N) is 2. The molecule has 20 heavy (non-hydrogen) atoms. The summed E-state index contributed by atoms with van der Waals surface area (Å²) >= 11 is 0. The number of amides is 1. The van der Waals surface area contributed by atoms with E-state index >= 15 is 0 Å². The molecule has 1 rings (SSSR count). The van der Waals surface area contributed by atoms with E-state index in [0.717, 1.165) is 19.6 Å². The van der Waals surface area contributed by atoms with Crippen molar-refractivity contribution in [3.63, 3.8) is 0 Å². The van der Waals surface area contributed by atoms with Gasteiger partial charge in [0.05, 0.1) is 12.2 Å². The highest BCUT2D eigenvalue weighted by Crippen LogP contribution is 2.10. The molecule has 0 fully saturated rings. The predicted molar refractivity (Wildman–Crippen MR) is 80.1 cm³/mol. The van der Waals surface area contributed by atoms with Gasteiger partial charge in [-0.15, -0.1) is 0 Å². The first-order valence-electron chi connectivity index (χ1n) is 6.83. The van der Waals surface area contributed by atoms with Gasteiger partial charge >= 0.3 is 0 Å². The number of nitrogens with zero attached hydrogens (tertiary/aromatic N) is 2. The third-order valence-electron chi connectivity index (χ3n) is 2.85. The summed E-state index contributed by atoms with van der Waals surface area (Å²) in [6.45, 7) is 5.63. The Morgan fingerprint density at radius 2 is 2.25 bits per heavy atom. The minimum absolute atomic E-state index is 0.103. The molecule has 0 atom stereocenters. The van der Waals surface area contributed by atoms with Crippen molar-refractivity contribution < 1.29 is 9.53 Å². The number of methoxy groups -OCH3 is 1. The van der Waals surface area contributed by atoms with E-state index in [1.54, 1.807) is 25.4 Å². The van der Waals surface area contributed by atoms with Gasteiger partial charge in [0.2, 0.25) is 0 Å². The van der Waals surface area contributed by atoms with Crippen LogP contribution in [0.3, 0.4) is 0 Å². The summed E-state index contributed by atoms with van der Waals surface area (Å²) in [7, 11) is 3.68. The van der Waals surface area contributed by atoms with Crippen LogP contribution in [0.5, 0.6) is 0 Å². The van der Waals surface area contributed by atoms with Crippen molar-refractivity contribution in [2.45, 2.75) is 6.92 Å². The second kappa shape index (κ2) is 9.28. The Balaban J connectivity index is 2.43. The summed E-state index contributed by atoms with van der Waals surface area (Å²) < 4.78 is 5.01. The average molecular weight is 280 g/mol. The molecule has 0 aliphatic heterocycles. The lowest BCUT2D eigenvalue weighted by Gasteiger charge is -2.16. The second-order valence-corrected chi connectivity index (χ2v) is 4.48. The molecule has 1 aromatic heterocycles. The molecule has 0 aromatic carbocycles. The van der Waals surface area contributed by atoms with Gasteiger partial charge in [-0.25, -0.2) is 4.98 Å². The van der Waals surface area contributed by atoms with E-state index in [1.165, 1.54) is 0 Å². The first-order chi connectivity index (χ1) is 9.69. The van der Waals surface area contributed by atoms with Crippen molar-refractivity contribution in [1.29, 1.82) is 0 Å². The molecular weight excluding hydrogens is 256 g/mol. The minimum atomic E-state index is -0.103. The van der Waals surface area contributed by atoms with E-state index in [4.69, 9.17) is 4.74 Å². The van der Waals surface area contributed by atoms with Crippen LogP contribution in [0.1, 0.15) is 17.3 Å². The largest absolute Gasteiger partial charge is 0.383 e. The van der Waals surface area contributed by atoms with E-state index in [-0.39, 0.29) is 5.91 Å². The molecule has 0 saturated carbocycles. The number of likely N-dealkylation sites (N-methyl/N-ethyl adjacent to an activating group) is 1. The summed E-state index contributed by atoms with van der Waals surface area (Å²) in [6, 6.07) is 3.54. The van der Waals surface area contributed by atoms with Crippen molar-refractivity contribution in [1.82, 2.24) is 15.2 Å². The predicted octanol–water partition coefficient (Wildman–Crippen LogP) is 0.821. The van der Waals surface area contributed by atoms with Crippen molar-refractivity contribution in [2.24, 2.45) is 0 Å². The smallest absolute Gasteiger partial charge is 0.255 e. The molecule has 0 bridgehead atoms. The van der Waals surface area contributed by atoms with Crippen LogP contribution in [0.4, 0.5) is 5.82 Å². The van der Waals surface area contributed by atoms with Gasteiger partial charge < -0.3 is 20.3 Å². The van der Waals surface area contributed by atoms with Crippen molar-refractivity contribution in [3.8, 4) is 0 Å². The highest BCUT2D eigenvalue weighted by Gasteiger charge is 2.11. The second-order valence-electron chi connectivity index (χ2n) is 4.48. The van der Waals surface area contributed by atoms with Gasteiger partial charge in [0.1, 0.15) is 5.82 Å². The van der Waals surface area contributed by atoms with Gasteiger partial charge in [0.25, 0.3) is 5.91 Å². The first-order valence-corrected chi connectivity index (χ1v) is 6.83. The number of hydrogen-bond acceptors (Lipinski definition) is 5. The number of anilines is 1. The standard InChI is InChI=1S/C14H24N4O2/c1-4-15-13-12(6-5-7-16-13)14(19)17-8-9-18(2)10-11-20-3/h5-7H,4,8-11H2,1-3H3,(H,15,16)(H,17,19). The maximum atomic E-state index is 12.1. The third kappa shape index (κ3) is 5.54. The molecule has 0 saturated heterocycles. The Labute approximate surface area is 120 Å². The third-order valence-corrected chi connectivity index (χ3v) is 2.85. The molecule has 6 heteroatoms. The Morgan fingerprint density at radius 1 is 1.45 bits per heavy atom. The zero-order valence-corrected chi connectivity index (χ0v) is 12.5. The zero-order valence-electron chi connectivity index (χ0n) is 12.5. The normalized spacial score (nSPS) is 10.6. The van der Waals surface area contributed by atoms with Crippen molar-refractivity contribution in [3.05, 3.63) is 23.9 Å². The number of ether oxygens (including phenoxy) is 1. The average Bonchev–Trinajstić information content (AvgIpc) is 2.46. The number of carbonyl (C=O) groups is 1. The van der Waals surface area contributed by atoms with E-state index in [0.29, 0.717) is 24.5 Å². The Hall–Kier alpha value is -1.66. The fourth-order valence-corrected chi connectivity index (χ4v) is 1.71. The molecule has 1 amide bonds. The quantitative estimate of drug-likeness (QED) is 0.701. The fraction of sp³-hybridized carbons (Fsp3) is 0.571. The minimum Gasteiger partial charge on any atom is -0.383 e. The highest BCUT2D eigenvalue weighted by atomic mass is 16.5. The van der Waals surface area contributed by atoms with Crippen molar-refractivity contribution in [2.75, 3.05) is 52.3 Å². The molecule has 2 N–H and O–H groups in total. The molecule has 6 nitrogen and oxygen atoms in total. The van der Waals surface area contributed by atoms with Gasteiger partial charge in [0.15, 0.2) is 0 Å². The highest BCUT2D eigenvalue weighted by molar-refractivity contribution is 5.98. The summed E-state index contributed by atoms with van der Waals surface area (Å²) in [5.74, 6) is 0.523. The van der Waals surface area contributed by atoms with Gasteiger partial charge in [-0.05, 0) is 26.1 Å². The molecule has 112 valence electrons. The van der Waals surface area contributed by atoms with Crippen LogP contribution in [0.2, 0.25) is 0 Å². The molecule has 0 radical (unpaired) electrons. The Kier molecular flexibility index (Phi) is 7.60. The van der Waals surface area contributed by atoms with Crippen LogP contribution in [-0.4, -0.2) is 62.7 Å². The van der Waals surface area contributed by atoms with E-state index in [2.05, 4.69) is 20.5 Å². The van der Waals surface area contributed by atoms with Gasteiger partial charge in [-0.3, -0.25) is 4.79 Å². The monoisotopic (exact) mass is 280 g/mol. The van der Waals surface area contributed by atoms with Crippen LogP contribution in [0.25, 0.3) is 0 Å². The van der Waals surface area contributed by atoms with Crippen molar-refractivity contribution >= 4 is 11.7 Å². The summed E-state index contributed by atoms with van der Waals surface area (Å²) in [5.41, 5.74) is 0.578. The number of hydrogen-bond donors (Lipinski definition) is 2. The number of rotatable bonds is 9. The summed E-state index contributed by atoms with van der Waals surface area (Å²) in [5, 5.41) is 5.99. The molecule has 0 unspecified atom stereocenters. The van der Waals surface area contributed by atoms with Gasteiger partial charge in [-0.2, -0.15) is 0 Å². The maximum Gasteiger partial charge on any atom is 0.255 e. The molecular formula is C14H24N4O2.